The van der Waals surface area contributed by atoms with E-state index in [1.165, 1.54) is 9.80 Å². The van der Waals surface area contributed by atoms with Crippen LogP contribution in [0.15, 0.2) is 30.3 Å². The van der Waals surface area contributed by atoms with E-state index in [4.69, 9.17) is 9.47 Å². The van der Waals surface area contributed by atoms with Crippen molar-refractivity contribution in [1.29, 1.82) is 0 Å². The number of hydrogen-bond donors (Lipinski definition) is 0. The largest absolute Gasteiger partial charge is 0.464 e. The van der Waals surface area contributed by atoms with E-state index in [9.17, 15) is 14.4 Å². The maximum absolute atomic E-state index is 12.8. The molecule has 7 heteroatoms. The number of hydrogen-bond acceptors (Lipinski definition) is 5. The van der Waals surface area contributed by atoms with Crippen molar-refractivity contribution in [3.05, 3.63) is 35.9 Å². The van der Waals surface area contributed by atoms with Crippen LogP contribution < -0.4 is 0 Å². The van der Waals surface area contributed by atoms with Crippen molar-refractivity contribution in [2.75, 3.05) is 26.2 Å². The van der Waals surface area contributed by atoms with Gasteiger partial charge in [-0.3, -0.25) is 4.79 Å². The van der Waals surface area contributed by atoms with E-state index in [1.807, 2.05) is 6.07 Å². The monoisotopic (exact) mass is 362 g/mol. The van der Waals surface area contributed by atoms with E-state index in [0.29, 0.717) is 12.1 Å². The molecule has 1 aliphatic heterocycles. The number of carbonyl (C=O) groups excluding carboxylic acids is 3. The molecule has 1 aromatic carbocycles. The third kappa shape index (κ3) is 4.97. The Kier molecular flexibility index (Phi) is 6.23. The highest BCUT2D eigenvalue weighted by atomic mass is 16.6. The van der Waals surface area contributed by atoms with Crippen LogP contribution in [-0.4, -0.2) is 65.7 Å². The number of piperazine rings is 1. The number of rotatable bonds is 3. The van der Waals surface area contributed by atoms with Crippen LogP contribution in [0.3, 0.4) is 0 Å². The van der Waals surface area contributed by atoms with Crippen LogP contribution in [0.25, 0.3) is 0 Å². The molecule has 0 unspecified atom stereocenters. The highest BCUT2D eigenvalue weighted by molar-refractivity contribution is 5.97. The fourth-order valence-corrected chi connectivity index (χ4v) is 2.71. The Hall–Kier alpha value is -2.57. The minimum absolute atomic E-state index is 0.0479. The van der Waals surface area contributed by atoms with Crippen molar-refractivity contribution in [3.63, 3.8) is 0 Å². The molecule has 0 aliphatic carbocycles. The fourth-order valence-electron chi connectivity index (χ4n) is 2.71. The zero-order valence-corrected chi connectivity index (χ0v) is 15.7. The fraction of sp³-hybridized carbons (Fsp3) is 0.526. The van der Waals surface area contributed by atoms with Gasteiger partial charge in [-0.05, 0) is 39.8 Å². The van der Waals surface area contributed by atoms with Crippen LogP contribution in [0.4, 0.5) is 4.79 Å². The molecule has 1 saturated heterocycles. The quantitative estimate of drug-likeness (QED) is 0.771. The maximum atomic E-state index is 12.8. The molecule has 0 aromatic heterocycles. The van der Waals surface area contributed by atoms with Crippen molar-refractivity contribution in [3.8, 4) is 0 Å². The third-order valence-electron chi connectivity index (χ3n) is 3.87. The summed E-state index contributed by atoms with van der Waals surface area (Å²) in [4.78, 5) is 40.5. The SMILES string of the molecule is CCOC(=O)[C@@H]1CN(C(=O)OC(C)(C)C)CCN1C(=O)c1ccccc1. The van der Waals surface area contributed by atoms with Crippen molar-refractivity contribution in [2.45, 2.75) is 39.3 Å². The minimum Gasteiger partial charge on any atom is -0.464 e. The molecular weight excluding hydrogens is 336 g/mol. The van der Waals surface area contributed by atoms with E-state index < -0.39 is 23.7 Å². The van der Waals surface area contributed by atoms with Crippen LogP contribution in [0.2, 0.25) is 0 Å². The van der Waals surface area contributed by atoms with Crippen molar-refractivity contribution in [2.24, 2.45) is 0 Å². The minimum atomic E-state index is -0.857. The Morgan fingerprint density at radius 1 is 1.12 bits per heavy atom. The molecule has 1 heterocycles. The summed E-state index contributed by atoms with van der Waals surface area (Å²) in [5.41, 5.74) is -0.138. The van der Waals surface area contributed by atoms with E-state index in [0.717, 1.165) is 0 Å². The first-order chi connectivity index (χ1) is 12.2. The van der Waals surface area contributed by atoms with Crippen molar-refractivity contribution in [1.82, 2.24) is 9.80 Å². The van der Waals surface area contributed by atoms with Gasteiger partial charge in [-0.2, -0.15) is 0 Å². The van der Waals surface area contributed by atoms with Crippen LogP contribution in [0.1, 0.15) is 38.1 Å². The van der Waals surface area contributed by atoms with Crippen LogP contribution >= 0.6 is 0 Å². The molecule has 7 nitrogen and oxygen atoms in total. The normalized spacial score (nSPS) is 17.6. The number of amides is 2. The number of carbonyl (C=O) groups is 3. The first-order valence-corrected chi connectivity index (χ1v) is 8.73. The Balaban J connectivity index is 2.18. The predicted molar refractivity (Wildman–Crippen MR) is 95.7 cm³/mol. The van der Waals surface area contributed by atoms with E-state index in [1.54, 1.807) is 52.0 Å². The standard InChI is InChI=1S/C19H26N2O5/c1-5-25-17(23)15-13-20(18(24)26-19(2,3)4)11-12-21(15)16(22)14-9-7-6-8-10-14/h6-10,15H,5,11-13H2,1-4H3/t15-/m0/s1. The highest BCUT2D eigenvalue weighted by Crippen LogP contribution is 2.18. The van der Waals surface area contributed by atoms with Gasteiger partial charge >= 0.3 is 12.1 Å². The summed E-state index contributed by atoms with van der Waals surface area (Å²) in [5, 5.41) is 0. The zero-order valence-electron chi connectivity index (χ0n) is 15.7. The van der Waals surface area contributed by atoms with Crippen LogP contribution in [-0.2, 0) is 14.3 Å². The van der Waals surface area contributed by atoms with E-state index in [-0.39, 0.29) is 25.6 Å². The van der Waals surface area contributed by atoms with Gasteiger partial charge in [-0.25, -0.2) is 9.59 Å². The average Bonchev–Trinajstić information content (AvgIpc) is 2.60. The summed E-state index contributed by atoms with van der Waals surface area (Å²) in [6.45, 7) is 7.83. The predicted octanol–water partition coefficient (Wildman–Crippen LogP) is 2.31. The lowest BCUT2D eigenvalue weighted by atomic mass is 10.1. The molecule has 1 aliphatic rings. The van der Waals surface area contributed by atoms with Gasteiger partial charge in [0.05, 0.1) is 13.2 Å². The van der Waals surface area contributed by atoms with Gasteiger partial charge in [0, 0.05) is 18.7 Å². The van der Waals surface area contributed by atoms with Gasteiger partial charge in [0.25, 0.3) is 5.91 Å². The maximum Gasteiger partial charge on any atom is 0.410 e. The molecule has 1 atom stereocenters. The number of benzene rings is 1. The van der Waals surface area contributed by atoms with E-state index in [2.05, 4.69) is 0 Å². The van der Waals surface area contributed by atoms with Crippen LogP contribution in [0, 0.1) is 0 Å². The summed E-state index contributed by atoms with van der Waals surface area (Å²) in [7, 11) is 0. The molecule has 2 amide bonds. The van der Waals surface area contributed by atoms with Crippen molar-refractivity contribution >= 4 is 18.0 Å². The first-order valence-electron chi connectivity index (χ1n) is 8.73. The Bertz CT molecular complexity index is 654. The zero-order chi connectivity index (χ0) is 19.3. The average molecular weight is 362 g/mol. The number of esters is 1. The van der Waals surface area contributed by atoms with Gasteiger partial charge in [0.2, 0.25) is 0 Å². The molecular formula is C19H26N2O5. The summed E-state index contributed by atoms with van der Waals surface area (Å²) in [5.74, 6) is -0.780. The number of nitrogens with zero attached hydrogens (tertiary/aromatic N) is 2. The van der Waals surface area contributed by atoms with Gasteiger partial charge in [0.15, 0.2) is 0 Å². The summed E-state index contributed by atoms with van der Waals surface area (Å²) in [6, 6.07) is 7.90. The highest BCUT2D eigenvalue weighted by Gasteiger charge is 2.39. The molecule has 0 radical (unpaired) electrons. The van der Waals surface area contributed by atoms with Crippen molar-refractivity contribution < 1.29 is 23.9 Å². The Labute approximate surface area is 153 Å². The first kappa shape index (κ1) is 19.8. The van der Waals surface area contributed by atoms with Gasteiger partial charge in [-0.15, -0.1) is 0 Å². The van der Waals surface area contributed by atoms with Gasteiger partial charge in [-0.1, -0.05) is 18.2 Å². The Morgan fingerprint density at radius 2 is 1.77 bits per heavy atom. The summed E-state index contributed by atoms with van der Waals surface area (Å²) >= 11 is 0. The van der Waals surface area contributed by atoms with E-state index >= 15 is 0 Å². The summed E-state index contributed by atoms with van der Waals surface area (Å²) in [6.07, 6.45) is -0.501. The molecule has 0 saturated carbocycles. The molecule has 0 bridgehead atoms. The topological polar surface area (TPSA) is 76.2 Å². The molecule has 26 heavy (non-hydrogen) atoms. The van der Waals surface area contributed by atoms with Gasteiger partial charge < -0.3 is 19.3 Å². The molecule has 142 valence electrons. The third-order valence-corrected chi connectivity index (χ3v) is 3.87. The number of ether oxygens (including phenoxy) is 2. The second kappa shape index (κ2) is 8.21. The lowest BCUT2D eigenvalue weighted by molar-refractivity contribution is -0.150. The second-order valence-corrected chi connectivity index (χ2v) is 7.06. The molecule has 1 aromatic rings. The molecule has 0 spiro atoms. The molecule has 1 fully saturated rings. The lowest BCUT2D eigenvalue weighted by Gasteiger charge is -2.40. The summed E-state index contributed by atoms with van der Waals surface area (Å²) < 4.78 is 10.5. The Morgan fingerprint density at radius 3 is 2.35 bits per heavy atom. The molecule has 0 N–H and O–H groups in total. The second-order valence-electron chi connectivity index (χ2n) is 7.06. The van der Waals surface area contributed by atoms with Gasteiger partial charge in [0.1, 0.15) is 11.6 Å². The smallest absolute Gasteiger partial charge is 0.410 e. The molecule has 2 rings (SSSR count). The lowest BCUT2D eigenvalue weighted by Crippen LogP contribution is -2.60. The van der Waals surface area contributed by atoms with Crippen LogP contribution in [0.5, 0.6) is 0 Å².